The number of aliphatic hydroxyl groups is 4. The van der Waals surface area contributed by atoms with Crippen LogP contribution in [0.3, 0.4) is 0 Å². The molecule has 0 radical (unpaired) electrons. The Bertz CT molecular complexity index is 1530. The van der Waals surface area contributed by atoms with E-state index in [1.165, 1.54) is 43.4 Å². The maximum Gasteiger partial charge on any atom is 0.469 e. The van der Waals surface area contributed by atoms with E-state index in [9.17, 15) is 34.3 Å². The summed E-state index contributed by atoms with van der Waals surface area (Å²) in [5, 5.41) is 39.7. The SMILES string of the molecule is C[C@@](O)(/C=C/[C@@H]1CC=CC(=O)O1)[C@@H](C[C@@H](O)\C=C/C=C\C=C\CO)OP(=O)(O)O.C[C@]12CCC(=O)C(O)=C1CC[C@@H]1[C@@H]2CC[C@]2(C)C(=O)CC[C@@H]12. The van der Waals surface area contributed by atoms with Crippen LogP contribution in [0.4, 0.5) is 0 Å². The van der Waals surface area contributed by atoms with Crippen LogP contribution >= 0.6 is 7.82 Å². The summed E-state index contributed by atoms with van der Waals surface area (Å²) in [6.07, 6.45) is 18.6. The van der Waals surface area contributed by atoms with Crippen LogP contribution in [0, 0.1) is 28.6 Å². The van der Waals surface area contributed by atoms with E-state index in [1.54, 1.807) is 24.3 Å². The van der Waals surface area contributed by atoms with Crippen molar-refractivity contribution in [2.45, 2.75) is 109 Å². The molecule has 12 nitrogen and oxygen atoms in total. The van der Waals surface area contributed by atoms with E-state index < -0.39 is 37.7 Å². The second kappa shape index (κ2) is 16.8. The quantitative estimate of drug-likeness (QED) is 0.0716. The lowest BCUT2D eigenvalue weighted by Crippen LogP contribution is -2.51. The minimum Gasteiger partial charge on any atom is -0.504 e. The van der Waals surface area contributed by atoms with Gasteiger partial charge in [0.15, 0.2) is 11.5 Å². The molecule has 13 heteroatoms. The number of phosphoric acid groups is 1. The molecule has 6 N–H and O–H groups in total. The van der Waals surface area contributed by atoms with Crippen LogP contribution in [0.25, 0.3) is 0 Å². The number of carbonyl (C=O) groups excluding carboxylic acids is 3. The second-order valence-electron chi connectivity index (χ2n) is 15.0. The van der Waals surface area contributed by atoms with Gasteiger partial charge in [0.2, 0.25) is 0 Å². The number of rotatable bonds is 11. The third-order valence-corrected chi connectivity index (χ3v) is 12.2. The highest BCUT2D eigenvalue weighted by molar-refractivity contribution is 7.46. The third-order valence-electron chi connectivity index (χ3n) is 11.6. The highest BCUT2D eigenvalue weighted by Gasteiger charge is 2.59. The Morgan fingerprint density at radius 1 is 1.02 bits per heavy atom. The van der Waals surface area contributed by atoms with Crippen molar-refractivity contribution in [3.8, 4) is 0 Å². The predicted molar refractivity (Wildman–Crippen MR) is 189 cm³/mol. The van der Waals surface area contributed by atoms with Gasteiger partial charge in [0, 0.05) is 37.2 Å². The molecule has 0 unspecified atom stereocenters. The van der Waals surface area contributed by atoms with Gasteiger partial charge >= 0.3 is 13.8 Å². The molecule has 5 aliphatic rings. The van der Waals surface area contributed by atoms with E-state index >= 15 is 0 Å². The molecule has 0 aromatic heterocycles. The third kappa shape index (κ3) is 9.93. The first kappa shape index (κ1) is 40.8. The van der Waals surface area contributed by atoms with Crippen molar-refractivity contribution in [2.24, 2.45) is 28.6 Å². The molecule has 3 fully saturated rings. The van der Waals surface area contributed by atoms with Gasteiger partial charge < -0.3 is 34.9 Å². The van der Waals surface area contributed by atoms with Crippen molar-refractivity contribution in [2.75, 3.05) is 6.61 Å². The molecule has 0 aromatic rings. The van der Waals surface area contributed by atoms with Crippen LogP contribution in [-0.2, 0) is 28.2 Å². The normalized spacial score (nSPS) is 33.5. The number of cyclic esters (lactones) is 1. The molecule has 1 aliphatic heterocycles. The number of hydrogen-bond acceptors (Lipinski definition) is 10. The summed E-state index contributed by atoms with van der Waals surface area (Å²) in [6, 6.07) is 0. The Morgan fingerprint density at radius 3 is 2.41 bits per heavy atom. The van der Waals surface area contributed by atoms with Gasteiger partial charge in [-0.15, -0.1) is 0 Å². The number of Topliss-reactive ketones (excluding diaryl/α,β-unsaturated/α-hetero) is 2. The summed E-state index contributed by atoms with van der Waals surface area (Å²) in [5.41, 5.74) is -0.958. The van der Waals surface area contributed by atoms with Crippen molar-refractivity contribution in [1.29, 1.82) is 0 Å². The highest BCUT2D eigenvalue weighted by atomic mass is 31.2. The Balaban J connectivity index is 0.000000235. The number of ketones is 2. The topological polar surface area (TPSA) is 208 Å². The molecule has 1 heterocycles. The Labute approximate surface area is 299 Å². The van der Waals surface area contributed by atoms with E-state index in [2.05, 4.69) is 18.4 Å². The number of carbonyl (C=O) groups is 3. The number of esters is 1. The number of fused-ring (bicyclic) bond motifs is 5. The summed E-state index contributed by atoms with van der Waals surface area (Å²) in [4.78, 5) is 53.8. The van der Waals surface area contributed by atoms with Gasteiger partial charge in [0.25, 0.3) is 0 Å². The number of aliphatic hydroxyl groups excluding tert-OH is 3. The van der Waals surface area contributed by atoms with E-state index in [1.807, 2.05) is 0 Å². The summed E-state index contributed by atoms with van der Waals surface area (Å²) in [6.45, 7) is 5.62. The molecule has 9 atom stereocenters. The fraction of sp³-hybridized carbons (Fsp3) is 0.605. The molecular weight excluding hydrogens is 679 g/mol. The summed E-state index contributed by atoms with van der Waals surface area (Å²) < 4.78 is 21.0. The molecule has 282 valence electrons. The predicted octanol–water partition coefficient (Wildman–Crippen LogP) is 5.03. The number of ether oxygens (including phenoxy) is 1. The lowest BCUT2D eigenvalue weighted by molar-refractivity contribution is -0.141. The first-order chi connectivity index (χ1) is 23.9. The van der Waals surface area contributed by atoms with Gasteiger partial charge in [-0.25, -0.2) is 9.36 Å². The monoisotopic (exact) mass is 732 g/mol. The smallest absolute Gasteiger partial charge is 0.469 e. The zero-order valence-corrected chi connectivity index (χ0v) is 30.5. The standard InChI is InChI=1S/C19H27O9P.C19H26O3/c1-19(23,12-11-16-9-7-10-18(22)27-16)17(28-29(24,25)26)14-15(21)8-5-3-2-4-6-13-20;1-18-10-8-15(20)17(22)14(18)4-3-11-12-5-6-16(21)19(12,2)9-7-13(11)18/h2-8,10-12,15-17,20-21,23H,9,13-14H2,1H3,(H2,24,25,26);11-13,22H,3-10H2,1-2H3/b3-2-,6-4+,8-5-,12-11+;/t15-,16-,17+,19+;11-,12-,13-,18+,19-/m00/s1. The fourth-order valence-corrected chi connectivity index (χ4v) is 9.46. The van der Waals surface area contributed by atoms with Crippen LogP contribution in [0.1, 0.15) is 85.0 Å². The lowest BCUT2D eigenvalue weighted by Gasteiger charge is -2.56. The average Bonchev–Trinajstić information content (AvgIpc) is 3.37. The molecule has 0 saturated heterocycles. The minimum absolute atomic E-state index is 0.0200. The zero-order valence-electron chi connectivity index (χ0n) is 29.6. The van der Waals surface area contributed by atoms with Crippen LogP contribution < -0.4 is 0 Å². The van der Waals surface area contributed by atoms with Crippen LogP contribution in [0.5, 0.6) is 0 Å². The molecule has 5 rings (SSSR count). The average molecular weight is 733 g/mol. The Kier molecular flexibility index (Phi) is 13.4. The van der Waals surface area contributed by atoms with Crippen LogP contribution in [0.15, 0.2) is 72.1 Å². The Morgan fingerprint density at radius 2 is 1.73 bits per heavy atom. The molecule has 0 spiro atoms. The van der Waals surface area contributed by atoms with Gasteiger partial charge in [-0.3, -0.25) is 14.1 Å². The molecular formula is C38H53O12P. The molecule has 0 amide bonds. The van der Waals surface area contributed by atoms with Gasteiger partial charge in [0.05, 0.1) is 12.7 Å². The first-order valence-electron chi connectivity index (χ1n) is 17.7. The molecule has 3 saturated carbocycles. The molecule has 51 heavy (non-hydrogen) atoms. The van der Waals surface area contributed by atoms with Crippen LogP contribution in [0.2, 0.25) is 0 Å². The largest absolute Gasteiger partial charge is 0.504 e. The summed E-state index contributed by atoms with van der Waals surface area (Å²) in [7, 11) is -4.96. The molecule has 4 aliphatic carbocycles. The van der Waals surface area contributed by atoms with Gasteiger partial charge in [0.1, 0.15) is 23.6 Å². The van der Waals surface area contributed by atoms with Gasteiger partial charge in [-0.1, -0.05) is 62.5 Å². The maximum atomic E-state index is 12.4. The van der Waals surface area contributed by atoms with Crippen molar-refractivity contribution in [1.82, 2.24) is 0 Å². The first-order valence-corrected chi connectivity index (χ1v) is 19.2. The van der Waals surface area contributed by atoms with Gasteiger partial charge in [-0.05, 0) is 80.3 Å². The maximum absolute atomic E-state index is 12.4. The molecule has 0 bridgehead atoms. The van der Waals surface area contributed by atoms with Crippen molar-refractivity contribution >= 4 is 25.4 Å². The second-order valence-corrected chi connectivity index (χ2v) is 16.2. The zero-order chi connectivity index (χ0) is 37.6. The fourth-order valence-electron chi connectivity index (χ4n) is 8.83. The van der Waals surface area contributed by atoms with Crippen molar-refractivity contribution in [3.63, 3.8) is 0 Å². The number of hydrogen-bond donors (Lipinski definition) is 6. The summed E-state index contributed by atoms with van der Waals surface area (Å²) in [5.74, 6) is 1.61. The minimum atomic E-state index is -4.96. The van der Waals surface area contributed by atoms with Crippen LogP contribution in [-0.4, -0.2) is 78.3 Å². The van der Waals surface area contributed by atoms with E-state index in [0.717, 1.165) is 50.5 Å². The molecule has 0 aromatic carbocycles. The highest BCUT2D eigenvalue weighted by Crippen LogP contribution is 2.64. The Hall–Kier alpha value is -2.96. The number of phosphoric ester groups is 1. The van der Waals surface area contributed by atoms with E-state index in [-0.39, 0.29) is 35.4 Å². The van der Waals surface area contributed by atoms with Crippen molar-refractivity contribution < 1.29 is 58.4 Å². The van der Waals surface area contributed by atoms with E-state index in [0.29, 0.717) is 36.4 Å². The lowest BCUT2D eigenvalue weighted by atomic mass is 9.47. The summed E-state index contributed by atoms with van der Waals surface area (Å²) >= 11 is 0. The van der Waals surface area contributed by atoms with Gasteiger partial charge in [-0.2, -0.15) is 0 Å². The van der Waals surface area contributed by atoms with Crippen molar-refractivity contribution in [3.05, 3.63) is 72.1 Å². The van der Waals surface area contributed by atoms with E-state index in [4.69, 9.17) is 19.6 Å². The number of allylic oxidation sites excluding steroid dienone is 5.